The molecule has 0 aromatic heterocycles. The lowest BCUT2D eigenvalue weighted by atomic mass is 10.1. The highest BCUT2D eigenvalue weighted by Crippen LogP contribution is 2.29. The number of phenolic OH excluding ortho intramolecular Hbond substituents is 1. The molecule has 0 aliphatic heterocycles. The maximum atomic E-state index is 12.5. The number of hydrogen-bond donors (Lipinski definition) is 2. The van der Waals surface area contributed by atoms with E-state index in [1.807, 2.05) is 12.1 Å². The van der Waals surface area contributed by atoms with E-state index >= 15 is 0 Å². The number of rotatable bonds is 7. The molecule has 2 N–H and O–H groups in total. The lowest BCUT2D eigenvalue weighted by Crippen LogP contribution is -2.35. The standard InChI is InChI=1S/C23H23NO6/c1-14(22(26)24-13-15-8-11-19(28-2)20(12-15)29-3)30-23(27)18-10-9-16-6-4-5-7-17(16)21(18)25/h4-12,14,25H,13H2,1-3H3,(H,24,26)/t14-/m1/s1. The second kappa shape index (κ2) is 9.17. The van der Waals surface area contributed by atoms with E-state index in [9.17, 15) is 14.7 Å². The smallest absolute Gasteiger partial charge is 0.342 e. The summed E-state index contributed by atoms with van der Waals surface area (Å²) in [4.78, 5) is 24.8. The van der Waals surface area contributed by atoms with Crippen LogP contribution in [0.1, 0.15) is 22.8 Å². The zero-order chi connectivity index (χ0) is 21.7. The molecule has 7 heteroatoms. The fourth-order valence-electron chi connectivity index (χ4n) is 3.02. The molecule has 3 aromatic rings. The third-order valence-corrected chi connectivity index (χ3v) is 4.69. The van der Waals surface area contributed by atoms with Crippen molar-refractivity contribution in [3.8, 4) is 17.2 Å². The molecule has 0 spiro atoms. The summed E-state index contributed by atoms with van der Waals surface area (Å²) in [5.41, 5.74) is 0.806. The van der Waals surface area contributed by atoms with Crippen LogP contribution in [0.4, 0.5) is 0 Å². The van der Waals surface area contributed by atoms with Gasteiger partial charge in [0, 0.05) is 11.9 Å². The lowest BCUT2D eigenvalue weighted by Gasteiger charge is -2.15. The largest absolute Gasteiger partial charge is 0.506 e. The summed E-state index contributed by atoms with van der Waals surface area (Å²) in [7, 11) is 3.08. The molecule has 1 amide bonds. The van der Waals surface area contributed by atoms with E-state index in [4.69, 9.17) is 14.2 Å². The van der Waals surface area contributed by atoms with Crippen LogP contribution < -0.4 is 14.8 Å². The van der Waals surface area contributed by atoms with Crippen molar-refractivity contribution < 1.29 is 28.9 Å². The van der Waals surface area contributed by atoms with Gasteiger partial charge in [0.05, 0.1) is 14.2 Å². The molecule has 0 aliphatic rings. The van der Waals surface area contributed by atoms with Gasteiger partial charge in [-0.1, -0.05) is 36.4 Å². The number of ether oxygens (including phenoxy) is 3. The number of esters is 1. The Morgan fingerprint density at radius 1 is 1.00 bits per heavy atom. The molecular formula is C23H23NO6. The fraction of sp³-hybridized carbons (Fsp3) is 0.217. The molecule has 3 aromatic carbocycles. The Balaban J connectivity index is 1.63. The van der Waals surface area contributed by atoms with Crippen LogP contribution in [0.2, 0.25) is 0 Å². The predicted octanol–water partition coefficient (Wildman–Crippen LogP) is 3.42. The van der Waals surface area contributed by atoms with Crippen LogP contribution >= 0.6 is 0 Å². The normalized spacial score (nSPS) is 11.6. The van der Waals surface area contributed by atoms with Crippen molar-refractivity contribution in [1.29, 1.82) is 0 Å². The van der Waals surface area contributed by atoms with Crippen LogP contribution in [0.25, 0.3) is 10.8 Å². The van der Waals surface area contributed by atoms with Gasteiger partial charge in [0.2, 0.25) is 0 Å². The van der Waals surface area contributed by atoms with Crippen molar-refractivity contribution in [1.82, 2.24) is 5.32 Å². The minimum Gasteiger partial charge on any atom is -0.506 e. The van der Waals surface area contributed by atoms with Crippen molar-refractivity contribution in [3.63, 3.8) is 0 Å². The Hall–Kier alpha value is -3.74. The van der Waals surface area contributed by atoms with Crippen molar-refractivity contribution in [2.24, 2.45) is 0 Å². The van der Waals surface area contributed by atoms with Gasteiger partial charge in [-0.3, -0.25) is 4.79 Å². The third kappa shape index (κ3) is 4.46. The van der Waals surface area contributed by atoms with Crippen LogP contribution in [-0.4, -0.2) is 37.3 Å². The maximum absolute atomic E-state index is 12.5. The van der Waals surface area contributed by atoms with Crippen LogP contribution in [0.3, 0.4) is 0 Å². The number of phenols is 1. The molecule has 156 valence electrons. The van der Waals surface area contributed by atoms with E-state index in [0.29, 0.717) is 16.9 Å². The Morgan fingerprint density at radius 3 is 2.47 bits per heavy atom. The molecule has 0 bridgehead atoms. The first kappa shape index (κ1) is 21.0. The van der Waals surface area contributed by atoms with Gasteiger partial charge in [-0.2, -0.15) is 0 Å². The Morgan fingerprint density at radius 2 is 1.73 bits per heavy atom. The van der Waals surface area contributed by atoms with Gasteiger partial charge >= 0.3 is 5.97 Å². The Bertz CT molecular complexity index is 1080. The molecule has 0 aliphatic carbocycles. The highest BCUT2D eigenvalue weighted by Gasteiger charge is 2.22. The van der Waals surface area contributed by atoms with Crippen molar-refractivity contribution in [3.05, 3.63) is 65.7 Å². The summed E-state index contributed by atoms with van der Waals surface area (Å²) in [6.07, 6.45) is -1.04. The number of benzene rings is 3. The molecule has 0 unspecified atom stereocenters. The average Bonchev–Trinajstić information content (AvgIpc) is 2.77. The number of carbonyl (C=O) groups is 2. The predicted molar refractivity (Wildman–Crippen MR) is 112 cm³/mol. The molecule has 7 nitrogen and oxygen atoms in total. The number of carbonyl (C=O) groups excluding carboxylic acids is 2. The zero-order valence-corrected chi connectivity index (χ0v) is 17.0. The second-order valence-corrected chi connectivity index (χ2v) is 6.64. The highest BCUT2D eigenvalue weighted by atomic mass is 16.5. The summed E-state index contributed by atoms with van der Waals surface area (Å²) >= 11 is 0. The van der Waals surface area contributed by atoms with E-state index < -0.39 is 18.0 Å². The second-order valence-electron chi connectivity index (χ2n) is 6.64. The molecule has 0 fully saturated rings. The molecule has 0 heterocycles. The zero-order valence-electron chi connectivity index (χ0n) is 17.0. The van der Waals surface area contributed by atoms with E-state index in [0.717, 1.165) is 10.9 Å². The van der Waals surface area contributed by atoms with Gasteiger partial charge in [0.25, 0.3) is 5.91 Å². The first-order valence-corrected chi connectivity index (χ1v) is 9.35. The number of hydrogen-bond acceptors (Lipinski definition) is 6. The van der Waals surface area contributed by atoms with E-state index in [2.05, 4.69) is 5.32 Å². The van der Waals surface area contributed by atoms with E-state index in [1.165, 1.54) is 20.1 Å². The topological polar surface area (TPSA) is 94.1 Å². The van der Waals surface area contributed by atoms with Gasteiger partial charge < -0.3 is 24.6 Å². The summed E-state index contributed by atoms with van der Waals surface area (Å²) in [6.45, 7) is 1.70. The fourth-order valence-corrected chi connectivity index (χ4v) is 3.02. The van der Waals surface area contributed by atoms with Gasteiger partial charge in [0.15, 0.2) is 17.6 Å². The quantitative estimate of drug-likeness (QED) is 0.581. The SMILES string of the molecule is COc1ccc(CNC(=O)[C@@H](C)OC(=O)c2ccc3ccccc3c2O)cc1OC. The molecule has 0 saturated heterocycles. The summed E-state index contributed by atoms with van der Waals surface area (Å²) in [6, 6.07) is 15.6. The third-order valence-electron chi connectivity index (χ3n) is 4.69. The first-order chi connectivity index (χ1) is 14.4. The van der Waals surface area contributed by atoms with Gasteiger partial charge in [-0.05, 0) is 36.1 Å². The van der Waals surface area contributed by atoms with E-state index in [1.54, 1.807) is 43.5 Å². The molecule has 30 heavy (non-hydrogen) atoms. The number of amides is 1. The summed E-state index contributed by atoms with van der Waals surface area (Å²) < 4.78 is 15.7. The minimum atomic E-state index is -1.04. The average molecular weight is 409 g/mol. The first-order valence-electron chi connectivity index (χ1n) is 9.35. The Labute approximate surface area is 174 Å². The van der Waals surface area contributed by atoms with Crippen LogP contribution in [0.5, 0.6) is 17.2 Å². The summed E-state index contributed by atoms with van der Waals surface area (Å²) in [5, 5.41) is 14.4. The highest BCUT2D eigenvalue weighted by molar-refractivity contribution is 6.01. The van der Waals surface area contributed by atoms with Crippen molar-refractivity contribution in [2.75, 3.05) is 14.2 Å². The van der Waals surface area contributed by atoms with E-state index in [-0.39, 0.29) is 17.9 Å². The molecule has 3 rings (SSSR count). The lowest BCUT2D eigenvalue weighted by molar-refractivity contribution is -0.129. The number of methoxy groups -OCH3 is 2. The molecular weight excluding hydrogens is 386 g/mol. The van der Waals surface area contributed by atoms with Crippen LogP contribution in [0, 0.1) is 0 Å². The molecule has 1 atom stereocenters. The maximum Gasteiger partial charge on any atom is 0.342 e. The van der Waals surface area contributed by atoms with Crippen LogP contribution in [-0.2, 0) is 16.1 Å². The van der Waals surface area contributed by atoms with Gasteiger partial charge in [-0.15, -0.1) is 0 Å². The van der Waals surface area contributed by atoms with Crippen molar-refractivity contribution >= 4 is 22.6 Å². The summed E-state index contributed by atoms with van der Waals surface area (Å²) in [5.74, 6) is -0.262. The van der Waals surface area contributed by atoms with Crippen LogP contribution in [0.15, 0.2) is 54.6 Å². The Kier molecular flexibility index (Phi) is 6.41. The molecule has 0 radical (unpaired) electrons. The minimum absolute atomic E-state index is 0.00763. The molecule has 0 saturated carbocycles. The monoisotopic (exact) mass is 409 g/mol. The number of fused-ring (bicyclic) bond motifs is 1. The number of nitrogens with one attached hydrogen (secondary N) is 1. The van der Waals surface area contributed by atoms with Gasteiger partial charge in [-0.25, -0.2) is 4.79 Å². The number of aromatic hydroxyl groups is 1. The van der Waals surface area contributed by atoms with Gasteiger partial charge in [0.1, 0.15) is 11.3 Å². The van der Waals surface area contributed by atoms with Crippen molar-refractivity contribution in [2.45, 2.75) is 19.6 Å².